The number of hydrogen-bond donors (Lipinski definition) is 0. The van der Waals surface area contributed by atoms with Gasteiger partial charge in [0, 0.05) is 0 Å². The molecular formula is C37H49FO4. The van der Waals surface area contributed by atoms with Crippen molar-refractivity contribution in [3.63, 3.8) is 0 Å². The Hall–Kier alpha value is -3.21. The second-order valence-corrected chi connectivity index (χ2v) is 11.6. The fraction of sp³-hybridized carbons (Fsp3) is 0.514. The number of esters is 2. The van der Waals surface area contributed by atoms with Gasteiger partial charge in [-0.05, 0) is 85.3 Å². The summed E-state index contributed by atoms with van der Waals surface area (Å²) in [6.07, 6.45) is 17.0. The largest absolute Gasteiger partial charge is 0.459 e. The van der Waals surface area contributed by atoms with Gasteiger partial charge in [-0.3, -0.25) is 0 Å². The van der Waals surface area contributed by atoms with Gasteiger partial charge in [0.2, 0.25) is 0 Å². The molecule has 5 heteroatoms. The molecule has 228 valence electrons. The molecule has 0 amide bonds. The summed E-state index contributed by atoms with van der Waals surface area (Å²) in [6, 6.07) is 15.2. The average molecular weight is 577 g/mol. The molecular weight excluding hydrogens is 527 g/mol. The van der Waals surface area contributed by atoms with E-state index >= 15 is 0 Å². The van der Waals surface area contributed by atoms with Crippen molar-refractivity contribution in [3.8, 4) is 5.75 Å². The second kappa shape index (κ2) is 18.4. The summed E-state index contributed by atoms with van der Waals surface area (Å²) >= 11 is 0. The number of ether oxygens (including phenoxy) is 2. The zero-order chi connectivity index (χ0) is 30.2. The number of carbonyl (C=O) groups is 2. The Morgan fingerprint density at radius 2 is 1.24 bits per heavy atom. The van der Waals surface area contributed by atoms with Crippen LogP contribution in [0.5, 0.6) is 5.75 Å². The van der Waals surface area contributed by atoms with Crippen LogP contribution in [0.2, 0.25) is 0 Å². The highest BCUT2D eigenvalue weighted by Gasteiger charge is 2.15. The summed E-state index contributed by atoms with van der Waals surface area (Å²) in [7, 11) is 0. The van der Waals surface area contributed by atoms with Crippen LogP contribution >= 0.6 is 0 Å². The van der Waals surface area contributed by atoms with Crippen LogP contribution in [0.3, 0.4) is 0 Å². The fourth-order valence-electron chi connectivity index (χ4n) is 5.25. The van der Waals surface area contributed by atoms with Gasteiger partial charge >= 0.3 is 11.9 Å². The molecule has 1 atom stereocenters. The Balaban J connectivity index is 1.48. The van der Waals surface area contributed by atoms with E-state index in [2.05, 4.69) is 13.8 Å². The maximum Gasteiger partial charge on any atom is 0.343 e. The van der Waals surface area contributed by atoms with Crippen LogP contribution in [0, 0.1) is 5.82 Å². The Kier molecular flexibility index (Phi) is 14.5. The van der Waals surface area contributed by atoms with Gasteiger partial charge < -0.3 is 9.47 Å². The minimum absolute atomic E-state index is 0.124. The number of aryl methyl sites for hydroxylation is 1. The predicted octanol–water partition coefficient (Wildman–Crippen LogP) is 10.8. The van der Waals surface area contributed by atoms with E-state index in [1.165, 1.54) is 63.9 Å². The van der Waals surface area contributed by atoms with E-state index in [-0.39, 0.29) is 23.5 Å². The van der Waals surface area contributed by atoms with Gasteiger partial charge in [-0.25, -0.2) is 14.0 Å². The van der Waals surface area contributed by atoms with Crippen LogP contribution in [-0.2, 0) is 11.2 Å². The molecule has 0 radical (unpaired) electrons. The predicted molar refractivity (Wildman–Crippen MR) is 170 cm³/mol. The first-order valence-electron chi connectivity index (χ1n) is 16.2. The minimum atomic E-state index is -0.601. The topological polar surface area (TPSA) is 52.6 Å². The van der Waals surface area contributed by atoms with Crippen molar-refractivity contribution < 1.29 is 23.5 Å². The molecule has 0 heterocycles. The number of unbranched alkanes of at least 4 members (excludes halogenated alkanes) is 11. The molecule has 1 unspecified atom stereocenters. The third-order valence-corrected chi connectivity index (χ3v) is 7.87. The molecule has 0 saturated carbocycles. The van der Waals surface area contributed by atoms with Gasteiger partial charge in [0.05, 0.1) is 17.2 Å². The summed E-state index contributed by atoms with van der Waals surface area (Å²) in [6.45, 7) is 6.34. The maximum atomic E-state index is 14.7. The summed E-state index contributed by atoms with van der Waals surface area (Å²) in [5, 5.41) is 1.67. The van der Waals surface area contributed by atoms with Crippen molar-refractivity contribution in [1.82, 2.24) is 0 Å². The lowest BCUT2D eigenvalue weighted by atomic mass is 10.0. The summed E-state index contributed by atoms with van der Waals surface area (Å²) in [4.78, 5) is 25.4. The first-order valence-corrected chi connectivity index (χ1v) is 16.2. The highest BCUT2D eigenvalue weighted by molar-refractivity contribution is 5.96. The molecule has 3 aromatic rings. The van der Waals surface area contributed by atoms with E-state index in [9.17, 15) is 14.0 Å². The van der Waals surface area contributed by atoms with Gasteiger partial charge in [0.15, 0.2) is 0 Å². The van der Waals surface area contributed by atoms with E-state index < -0.39 is 5.97 Å². The van der Waals surface area contributed by atoms with Gasteiger partial charge in [0.25, 0.3) is 0 Å². The first kappa shape index (κ1) is 33.3. The molecule has 0 fully saturated rings. The van der Waals surface area contributed by atoms with Gasteiger partial charge in [-0.15, -0.1) is 0 Å². The SMILES string of the molecule is CCCCCCCCCCCc1ccc(C(=O)Oc2ccc3cc(C(=O)OC(C)CCCCCC)ccc3c2)cc1F. The zero-order valence-corrected chi connectivity index (χ0v) is 25.9. The summed E-state index contributed by atoms with van der Waals surface area (Å²) in [5.41, 5.74) is 1.32. The monoisotopic (exact) mass is 576 g/mol. The average Bonchev–Trinajstić information content (AvgIpc) is 2.98. The summed E-state index contributed by atoms with van der Waals surface area (Å²) < 4.78 is 25.9. The normalized spacial score (nSPS) is 11.9. The smallest absolute Gasteiger partial charge is 0.343 e. The highest BCUT2D eigenvalue weighted by atomic mass is 19.1. The standard InChI is InChI=1S/C37H49FO4/c1-4-6-8-10-11-12-13-14-16-18-29-19-21-33(27-35(29)38)37(40)42-34-24-23-30-25-32(22-20-31(30)26-34)36(39)41-28(3)17-15-9-7-5-2/h19-28H,4-18H2,1-3H3. The van der Waals surface area contributed by atoms with Crippen molar-refractivity contribution in [2.45, 2.75) is 123 Å². The molecule has 0 aliphatic heterocycles. The molecule has 3 rings (SSSR count). The molecule has 42 heavy (non-hydrogen) atoms. The molecule has 0 aromatic heterocycles. The van der Waals surface area contributed by atoms with E-state index in [1.54, 1.807) is 42.5 Å². The number of rotatable bonds is 19. The molecule has 4 nitrogen and oxygen atoms in total. The third-order valence-electron chi connectivity index (χ3n) is 7.87. The van der Waals surface area contributed by atoms with Crippen molar-refractivity contribution in [1.29, 1.82) is 0 Å². The molecule has 0 N–H and O–H groups in total. The number of fused-ring (bicyclic) bond motifs is 1. The second-order valence-electron chi connectivity index (χ2n) is 11.6. The molecule has 0 aliphatic carbocycles. The van der Waals surface area contributed by atoms with Crippen molar-refractivity contribution >= 4 is 22.7 Å². The quantitative estimate of drug-likeness (QED) is 0.0809. The molecule has 3 aromatic carbocycles. The van der Waals surface area contributed by atoms with Crippen LogP contribution in [0.15, 0.2) is 54.6 Å². The van der Waals surface area contributed by atoms with Gasteiger partial charge in [-0.2, -0.15) is 0 Å². The van der Waals surface area contributed by atoms with Crippen LogP contribution < -0.4 is 4.74 Å². The van der Waals surface area contributed by atoms with E-state index in [4.69, 9.17) is 9.47 Å². The van der Waals surface area contributed by atoms with Crippen LogP contribution in [0.1, 0.15) is 137 Å². The first-order chi connectivity index (χ1) is 20.4. The lowest BCUT2D eigenvalue weighted by Crippen LogP contribution is -2.15. The Morgan fingerprint density at radius 1 is 0.667 bits per heavy atom. The molecule has 0 bridgehead atoms. The third kappa shape index (κ3) is 11.2. The fourth-order valence-corrected chi connectivity index (χ4v) is 5.25. The van der Waals surface area contributed by atoms with Crippen molar-refractivity contribution in [2.24, 2.45) is 0 Å². The number of hydrogen-bond acceptors (Lipinski definition) is 4. The van der Waals surface area contributed by atoms with E-state index in [1.807, 2.05) is 13.0 Å². The van der Waals surface area contributed by atoms with Crippen molar-refractivity contribution in [3.05, 3.63) is 77.1 Å². The summed E-state index contributed by atoms with van der Waals surface area (Å²) in [5.74, 6) is -0.936. The Bertz CT molecular complexity index is 1270. The maximum absolute atomic E-state index is 14.7. The number of halogens is 1. The highest BCUT2D eigenvalue weighted by Crippen LogP contribution is 2.24. The van der Waals surface area contributed by atoms with Crippen LogP contribution in [-0.4, -0.2) is 18.0 Å². The Morgan fingerprint density at radius 3 is 1.93 bits per heavy atom. The molecule has 0 aliphatic rings. The molecule has 0 saturated heterocycles. The zero-order valence-electron chi connectivity index (χ0n) is 25.9. The van der Waals surface area contributed by atoms with E-state index in [0.717, 1.165) is 42.9 Å². The number of carbonyl (C=O) groups excluding carboxylic acids is 2. The van der Waals surface area contributed by atoms with Crippen molar-refractivity contribution in [2.75, 3.05) is 0 Å². The lowest BCUT2D eigenvalue weighted by Gasteiger charge is -2.13. The van der Waals surface area contributed by atoms with Gasteiger partial charge in [-0.1, -0.05) is 103 Å². The van der Waals surface area contributed by atoms with Crippen LogP contribution in [0.25, 0.3) is 10.8 Å². The lowest BCUT2D eigenvalue weighted by molar-refractivity contribution is 0.0319. The van der Waals surface area contributed by atoms with Gasteiger partial charge in [0.1, 0.15) is 11.6 Å². The Labute approximate surface area is 252 Å². The van der Waals surface area contributed by atoms with Crippen LogP contribution in [0.4, 0.5) is 4.39 Å². The minimum Gasteiger partial charge on any atom is -0.459 e. The molecule has 0 spiro atoms. The van der Waals surface area contributed by atoms with E-state index in [0.29, 0.717) is 23.3 Å². The number of benzene rings is 3.